The number of ether oxygens (including phenoxy) is 1. The van der Waals surface area contributed by atoms with Crippen LogP contribution in [-0.4, -0.2) is 57.9 Å². The van der Waals surface area contributed by atoms with Crippen LogP contribution in [0.15, 0.2) is 11.5 Å². The van der Waals surface area contributed by atoms with Gasteiger partial charge in [-0.1, -0.05) is 11.8 Å². The van der Waals surface area contributed by atoms with Crippen molar-refractivity contribution >= 4 is 17.7 Å². The monoisotopic (exact) mass is 300 g/mol. The lowest BCUT2D eigenvalue weighted by Crippen LogP contribution is -2.29. The molecule has 1 aliphatic rings. The van der Waals surface area contributed by atoms with E-state index in [4.69, 9.17) is 4.74 Å². The third-order valence-electron chi connectivity index (χ3n) is 2.97. The van der Waals surface area contributed by atoms with Gasteiger partial charge in [0.25, 0.3) is 0 Å². The predicted octanol–water partition coefficient (Wildman–Crippen LogP) is 0.219. The summed E-state index contributed by atoms with van der Waals surface area (Å²) in [4.78, 5) is 11.7. The number of nitrogens with one attached hydrogen (secondary N) is 1. The molecule has 1 aromatic heterocycles. The molecule has 1 aliphatic carbocycles. The predicted molar refractivity (Wildman–Crippen MR) is 74.5 cm³/mol. The first-order valence-electron chi connectivity index (χ1n) is 6.66. The number of carbonyl (C=O) groups excluding carboxylic acids is 1. The van der Waals surface area contributed by atoms with Crippen LogP contribution in [0.25, 0.3) is 0 Å². The molecule has 20 heavy (non-hydrogen) atoms. The molecule has 1 saturated carbocycles. The lowest BCUT2D eigenvalue weighted by Gasteiger charge is -2.10. The Balaban J connectivity index is 1.63. The van der Waals surface area contributed by atoms with E-state index in [1.54, 1.807) is 6.33 Å². The van der Waals surface area contributed by atoms with Gasteiger partial charge in [0.1, 0.15) is 6.33 Å². The Bertz CT molecular complexity index is 436. The first kappa shape index (κ1) is 15.3. The second-order valence-corrected chi connectivity index (χ2v) is 5.73. The van der Waals surface area contributed by atoms with Gasteiger partial charge in [0.15, 0.2) is 5.16 Å². The van der Waals surface area contributed by atoms with Gasteiger partial charge in [0.2, 0.25) is 5.91 Å². The summed E-state index contributed by atoms with van der Waals surface area (Å²) in [6, 6.07) is 0.514. The Morgan fingerprint density at radius 3 is 3.20 bits per heavy atom. The van der Waals surface area contributed by atoms with Gasteiger partial charge in [0.05, 0.1) is 18.5 Å². The van der Waals surface area contributed by atoms with Gasteiger partial charge in [-0.25, -0.2) is 0 Å². The third-order valence-corrected chi connectivity index (χ3v) is 3.93. The topological polar surface area (TPSA) is 89.3 Å². The summed E-state index contributed by atoms with van der Waals surface area (Å²) in [6.45, 7) is 0.731. The summed E-state index contributed by atoms with van der Waals surface area (Å²) in [5, 5.41) is 20.9. The van der Waals surface area contributed by atoms with Crippen LogP contribution in [0, 0.1) is 0 Å². The number of aliphatic hydroxyl groups is 1. The Hall–Kier alpha value is -1.12. The fourth-order valence-electron chi connectivity index (χ4n) is 1.77. The van der Waals surface area contributed by atoms with Crippen molar-refractivity contribution in [3.05, 3.63) is 6.33 Å². The van der Waals surface area contributed by atoms with Gasteiger partial charge >= 0.3 is 0 Å². The van der Waals surface area contributed by atoms with Crippen LogP contribution in [0.5, 0.6) is 0 Å². The number of aliphatic hydroxyl groups excluding tert-OH is 1. The number of rotatable bonds is 9. The summed E-state index contributed by atoms with van der Waals surface area (Å²) in [5.74, 6) is 0.246. The van der Waals surface area contributed by atoms with Crippen LogP contribution >= 0.6 is 11.8 Å². The number of nitrogens with zero attached hydrogens (tertiary/aromatic N) is 3. The second kappa shape index (κ2) is 7.61. The Labute approximate surface area is 122 Å². The summed E-state index contributed by atoms with van der Waals surface area (Å²) < 4.78 is 6.84. The molecule has 0 radical (unpaired) electrons. The minimum absolute atomic E-state index is 0.0648. The van der Waals surface area contributed by atoms with Crippen molar-refractivity contribution in [2.24, 2.45) is 0 Å². The van der Waals surface area contributed by atoms with Crippen LogP contribution < -0.4 is 5.32 Å². The molecule has 7 nitrogen and oxygen atoms in total. The van der Waals surface area contributed by atoms with Crippen molar-refractivity contribution < 1.29 is 14.6 Å². The van der Waals surface area contributed by atoms with Crippen LogP contribution in [0.2, 0.25) is 0 Å². The molecule has 1 amide bonds. The maximum Gasteiger partial charge on any atom is 0.230 e. The first-order chi connectivity index (χ1) is 9.70. The van der Waals surface area contributed by atoms with Crippen LogP contribution in [0.3, 0.4) is 0 Å². The van der Waals surface area contributed by atoms with Crippen LogP contribution in [0.4, 0.5) is 0 Å². The minimum atomic E-state index is -0.536. The lowest BCUT2D eigenvalue weighted by molar-refractivity contribution is -0.118. The number of hydrogen-bond acceptors (Lipinski definition) is 6. The largest absolute Gasteiger partial charge is 0.391 e. The van der Waals surface area contributed by atoms with Crippen molar-refractivity contribution in [1.29, 1.82) is 0 Å². The van der Waals surface area contributed by atoms with Crippen molar-refractivity contribution in [2.75, 3.05) is 26.0 Å². The van der Waals surface area contributed by atoms with E-state index in [-0.39, 0.29) is 12.5 Å². The molecule has 0 bridgehead atoms. The van der Waals surface area contributed by atoms with Gasteiger partial charge in [0, 0.05) is 19.7 Å². The van der Waals surface area contributed by atoms with Gasteiger partial charge in [-0.15, -0.1) is 10.2 Å². The molecule has 1 fully saturated rings. The molecule has 1 unspecified atom stereocenters. The van der Waals surface area contributed by atoms with E-state index in [0.29, 0.717) is 24.8 Å². The fraction of sp³-hybridized carbons (Fsp3) is 0.750. The fourth-order valence-corrected chi connectivity index (χ4v) is 2.59. The highest BCUT2D eigenvalue weighted by Crippen LogP contribution is 2.37. The molecule has 1 atom stereocenters. The smallest absolute Gasteiger partial charge is 0.230 e. The zero-order valence-electron chi connectivity index (χ0n) is 11.5. The highest BCUT2D eigenvalue weighted by Gasteiger charge is 2.26. The van der Waals surface area contributed by atoms with Crippen molar-refractivity contribution in [2.45, 2.75) is 36.6 Å². The number of amides is 1. The average molecular weight is 300 g/mol. The van der Waals surface area contributed by atoms with Crippen LogP contribution in [-0.2, 0) is 9.53 Å². The van der Waals surface area contributed by atoms with Gasteiger partial charge < -0.3 is 19.7 Å². The van der Waals surface area contributed by atoms with E-state index in [0.717, 1.165) is 18.0 Å². The summed E-state index contributed by atoms with van der Waals surface area (Å²) in [6.07, 6.45) is 4.00. The maximum atomic E-state index is 11.7. The van der Waals surface area contributed by atoms with E-state index >= 15 is 0 Å². The average Bonchev–Trinajstić information content (AvgIpc) is 3.16. The molecule has 8 heteroatoms. The van der Waals surface area contributed by atoms with E-state index < -0.39 is 6.10 Å². The Kier molecular flexibility index (Phi) is 5.81. The molecule has 1 aromatic rings. The maximum absolute atomic E-state index is 11.7. The van der Waals surface area contributed by atoms with E-state index in [9.17, 15) is 9.90 Å². The Morgan fingerprint density at radius 1 is 1.70 bits per heavy atom. The normalized spacial score (nSPS) is 16.1. The second-order valence-electron chi connectivity index (χ2n) is 4.79. The standard InChI is InChI=1S/C12H20N4O3S/c1-19-6-10(17)4-5-13-11(18)7-20-12-15-14-8-16(12)9-2-3-9/h8-10,17H,2-7H2,1H3,(H,13,18). The number of carbonyl (C=O) groups is 1. The molecule has 0 spiro atoms. The van der Waals surface area contributed by atoms with Gasteiger partial charge in [-0.2, -0.15) is 0 Å². The molecule has 2 rings (SSSR count). The molecule has 1 heterocycles. The van der Waals surface area contributed by atoms with Gasteiger partial charge in [-0.05, 0) is 19.3 Å². The third kappa shape index (κ3) is 4.77. The Morgan fingerprint density at radius 2 is 2.50 bits per heavy atom. The molecule has 112 valence electrons. The van der Waals surface area contributed by atoms with E-state index in [1.807, 2.05) is 4.57 Å². The molecule has 0 saturated heterocycles. The number of thioether (sulfide) groups is 1. The number of aromatic nitrogens is 3. The highest BCUT2D eigenvalue weighted by atomic mass is 32.2. The van der Waals surface area contributed by atoms with Crippen LogP contribution in [0.1, 0.15) is 25.3 Å². The SMILES string of the molecule is COCC(O)CCNC(=O)CSc1nncn1C1CC1. The minimum Gasteiger partial charge on any atom is -0.391 e. The quantitative estimate of drug-likeness (QED) is 0.634. The zero-order valence-corrected chi connectivity index (χ0v) is 12.3. The molecular formula is C12H20N4O3S. The molecule has 0 aliphatic heterocycles. The molecule has 2 N–H and O–H groups in total. The summed E-state index contributed by atoms with van der Waals surface area (Å²) in [5.41, 5.74) is 0. The van der Waals surface area contributed by atoms with E-state index in [1.165, 1.54) is 18.9 Å². The summed E-state index contributed by atoms with van der Waals surface area (Å²) >= 11 is 1.39. The van der Waals surface area contributed by atoms with Crippen molar-refractivity contribution in [1.82, 2.24) is 20.1 Å². The molecule has 0 aromatic carbocycles. The highest BCUT2D eigenvalue weighted by molar-refractivity contribution is 7.99. The summed E-state index contributed by atoms with van der Waals surface area (Å²) in [7, 11) is 1.54. The molecular weight excluding hydrogens is 280 g/mol. The first-order valence-corrected chi connectivity index (χ1v) is 7.65. The van der Waals surface area contributed by atoms with Crippen molar-refractivity contribution in [3.8, 4) is 0 Å². The lowest BCUT2D eigenvalue weighted by atomic mass is 10.3. The van der Waals surface area contributed by atoms with Gasteiger partial charge in [-0.3, -0.25) is 4.79 Å². The number of hydrogen-bond donors (Lipinski definition) is 2. The zero-order chi connectivity index (χ0) is 14.4. The van der Waals surface area contributed by atoms with Crippen molar-refractivity contribution in [3.63, 3.8) is 0 Å². The number of methoxy groups -OCH3 is 1. The van der Waals surface area contributed by atoms with E-state index in [2.05, 4.69) is 15.5 Å².